The van der Waals surface area contributed by atoms with Gasteiger partial charge in [0.25, 0.3) is 5.91 Å². The number of pyridine rings is 1. The highest BCUT2D eigenvalue weighted by Gasteiger charge is 2.25. The lowest BCUT2D eigenvalue weighted by Crippen LogP contribution is -2.17. The van der Waals surface area contributed by atoms with E-state index < -0.39 is 0 Å². The van der Waals surface area contributed by atoms with Crippen LogP contribution in [0.1, 0.15) is 50.7 Å². The van der Waals surface area contributed by atoms with E-state index in [4.69, 9.17) is 9.15 Å². The van der Waals surface area contributed by atoms with Gasteiger partial charge in [0.1, 0.15) is 16.6 Å². The standard InChI is InChI=1S/C26H27N3O3S/c1-5-31-20-10-8-19(9-11-20)24(28-22-15-16(2)12-13-27-22)23-17(3)18(4)33-26(23)29-25(30)21-7-6-14-32-21/h6-15,24H,5H2,1-4H3,(H,27,28)(H,29,30)/t24-/m1/s1. The SMILES string of the molecule is CCOc1ccc([C@@H](Nc2cc(C)ccn2)c2c(NC(=O)c3ccco3)sc(C)c2C)cc1. The van der Waals surface area contributed by atoms with Gasteiger partial charge in [0, 0.05) is 16.6 Å². The van der Waals surface area contributed by atoms with Crippen LogP contribution in [0.5, 0.6) is 5.75 Å². The summed E-state index contributed by atoms with van der Waals surface area (Å²) in [6.07, 6.45) is 3.28. The van der Waals surface area contributed by atoms with E-state index >= 15 is 0 Å². The monoisotopic (exact) mass is 461 g/mol. The number of hydrogen-bond donors (Lipinski definition) is 2. The van der Waals surface area contributed by atoms with Crippen LogP contribution in [0.3, 0.4) is 0 Å². The third kappa shape index (κ3) is 5.09. The fourth-order valence-electron chi connectivity index (χ4n) is 3.67. The van der Waals surface area contributed by atoms with E-state index in [0.717, 1.165) is 43.7 Å². The molecule has 0 unspecified atom stereocenters. The van der Waals surface area contributed by atoms with Crippen molar-refractivity contribution in [2.24, 2.45) is 0 Å². The Morgan fingerprint density at radius 1 is 1.15 bits per heavy atom. The molecule has 1 atom stereocenters. The summed E-state index contributed by atoms with van der Waals surface area (Å²) in [7, 11) is 0. The Morgan fingerprint density at radius 2 is 1.94 bits per heavy atom. The summed E-state index contributed by atoms with van der Waals surface area (Å²) in [5.41, 5.74) is 4.28. The van der Waals surface area contributed by atoms with Crippen molar-refractivity contribution in [2.45, 2.75) is 33.7 Å². The maximum absolute atomic E-state index is 12.8. The zero-order valence-corrected chi connectivity index (χ0v) is 20.0. The van der Waals surface area contributed by atoms with Gasteiger partial charge >= 0.3 is 0 Å². The first-order chi connectivity index (χ1) is 16.0. The van der Waals surface area contributed by atoms with Gasteiger partial charge in [-0.2, -0.15) is 0 Å². The van der Waals surface area contributed by atoms with Crippen LogP contribution in [0.2, 0.25) is 0 Å². The normalized spacial score (nSPS) is 11.8. The van der Waals surface area contributed by atoms with Crippen molar-refractivity contribution in [1.29, 1.82) is 0 Å². The molecule has 2 N–H and O–H groups in total. The summed E-state index contributed by atoms with van der Waals surface area (Å²) in [6, 6.07) is 15.1. The highest BCUT2D eigenvalue weighted by Crippen LogP contribution is 2.41. The molecule has 7 heteroatoms. The fourth-order valence-corrected chi connectivity index (χ4v) is 4.76. The van der Waals surface area contributed by atoms with Crippen molar-refractivity contribution >= 4 is 28.1 Å². The summed E-state index contributed by atoms with van der Waals surface area (Å²) in [4.78, 5) is 18.4. The van der Waals surface area contributed by atoms with E-state index in [2.05, 4.69) is 29.5 Å². The summed E-state index contributed by atoms with van der Waals surface area (Å²) in [6.45, 7) is 8.75. The molecular weight excluding hydrogens is 434 g/mol. The number of hydrogen-bond acceptors (Lipinski definition) is 6. The summed E-state index contributed by atoms with van der Waals surface area (Å²) >= 11 is 1.56. The number of nitrogens with zero attached hydrogens (tertiary/aromatic N) is 1. The molecule has 0 saturated heterocycles. The second kappa shape index (κ2) is 9.92. The summed E-state index contributed by atoms with van der Waals surface area (Å²) < 4.78 is 10.9. The average Bonchev–Trinajstić information content (AvgIpc) is 3.42. The minimum atomic E-state index is -0.276. The first-order valence-electron chi connectivity index (χ1n) is 10.8. The molecule has 3 heterocycles. The first kappa shape index (κ1) is 22.6. The number of benzene rings is 1. The van der Waals surface area contributed by atoms with Crippen LogP contribution in [0.4, 0.5) is 10.8 Å². The number of nitrogens with one attached hydrogen (secondary N) is 2. The molecule has 0 saturated carbocycles. The van der Waals surface area contributed by atoms with Crippen molar-refractivity contribution in [1.82, 2.24) is 4.98 Å². The molecule has 1 amide bonds. The van der Waals surface area contributed by atoms with Crippen LogP contribution >= 0.6 is 11.3 Å². The number of furan rings is 1. The van der Waals surface area contributed by atoms with Crippen LogP contribution < -0.4 is 15.4 Å². The quantitative estimate of drug-likeness (QED) is 0.313. The summed E-state index contributed by atoms with van der Waals surface area (Å²) in [5.74, 6) is 1.58. The Morgan fingerprint density at radius 3 is 2.61 bits per heavy atom. The highest BCUT2D eigenvalue weighted by atomic mass is 32.1. The lowest BCUT2D eigenvalue weighted by atomic mass is 9.96. The Hall–Kier alpha value is -3.58. The number of amides is 1. The molecule has 0 aliphatic rings. The predicted octanol–water partition coefficient (Wildman–Crippen LogP) is 6.51. The van der Waals surface area contributed by atoms with E-state index in [0.29, 0.717) is 6.61 Å². The number of aromatic nitrogens is 1. The van der Waals surface area contributed by atoms with Crippen LogP contribution in [-0.2, 0) is 0 Å². The number of rotatable bonds is 8. The van der Waals surface area contributed by atoms with Crippen molar-refractivity contribution in [3.63, 3.8) is 0 Å². The summed E-state index contributed by atoms with van der Waals surface area (Å²) in [5, 5.41) is 7.42. The van der Waals surface area contributed by atoms with Crippen molar-refractivity contribution in [2.75, 3.05) is 17.2 Å². The maximum atomic E-state index is 12.8. The van der Waals surface area contributed by atoms with Crippen molar-refractivity contribution in [3.05, 3.63) is 93.9 Å². The number of carbonyl (C=O) groups is 1. The van der Waals surface area contributed by atoms with Crippen LogP contribution in [0.25, 0.3) is 0 Å². The number of aryl methyl sites for hydroxylation is 2. The molecule has 33 heavy (non-hydrogen) atoms. The molecule has 0 spiro atoms. The van der Waals surface area contributed by atoms with Gasteiger partial charge in [-0.25, -0.2) is 4.98 Å². The van der Waals surface area contributed by atoms with E-state index in [1.54, 1.807) is 29.7 Å². The van der Waals surface area contributed by atoms with Gasteiger partial charge in [0.15, 0.2) is 5.76 Å². The molecule has 0 bridgehead atoms. The number of anilines is 2. The number of carbonyl (C=O) groups excluding carboxylic acids is 1. The molecule has 0 aliphatic heterocycles. The third-order valence-electron chi connectivity index (χ3n) is 5.42. The van der Waals surface area contributed by atoms with Gasteiger partial charge in [-0.05, 0) is 80.8 Å². The van der Waals surface area contributed by atoms with Crippen LogP contribution in [0.15, 0.2) is 65.4 Å². The predicted molar refractivity (Wildman–Crippen MR) is 133 cm³/mol. The van der Waals surface area contributed by atoms with Gasteiger partial charge < -0.3 is 19.8 Å². The maximum Gasteiger partial charge on any atom is 0.291 e. The largest absolute Gasteiger partial charge is 0.494 e. The molecule has 3 aromatic heterocycles. The average molecular weight is 462 g/mol. The second-order valence-corrected chi connectivity index (χ2v) is 8.98. The molecule has 6 nitrogen and oxygen atoms in total. The fraction of sp³-hybridized carbons (Fsp3) is 0.231. The Bertz CT molecular complexity index is 1230. The van der Waals surface area contributed by atoms with Crippen LogP contribution in [0, 0.1) is 20.8 Å². The minimum absolute atomic E-state index is 0.230. The molecule has 1 aromatic carbocycles. The molecule has 170 valence electrons. The number of ether oxygens (including phenoxy) is 1. The third-order valence-corrected chi connectivity index (χ3v) is 6.56. The van der Waals surface area contributed by atoms with Gasteiger partial charge in [0.2, 0.25) is 0 Å². The Balaban J connectivity index is 1.77. The van der Waals surface area contributed by atoms with Gasteiger partial charge in [-0.3, -0.25) is 4.79 Å². The van der Waals surface area contributed by atoms with Crippen molar-refractivity contribution in [3.8, 4) is 5.75 Å². The van der Waals surface area contributed by atoms with E-state index in [-0.39, 0.29) is 17.7 Å². The lowest BCUT2D eigenvalue weighted by molar-refractivity contribution is 0.0997. The van der Waals surface area contributed by atoms with Crippen molar-refractivity contribution < 1.29 is 13.9 Å². The van der Waals surface area contributed by atoms with Crippen LogP contribution in [-0.4, -0.2) is 17.5 Å². The van der Waals surface area contributed by atoms with Gasteiger partial charge in [0.05, 0.1) is 18.9 Å². The van der Waals surface area contributed by atoms with E-state index in [9.17, 15) is 4.79 Å². The molecule has 0 fully saturated rings. The molecular formula is C26H27N3O3S. The molecule has 4 aromatic rings. The van der Waals surface area contributed by atoms with E-state index in [1.165, 1.54) is 6.26 Å². The number of thiophene rings is 1. The molecule has 0 radical (unpaired) electrons. The topological polar surface area (TPSA) is 76.4 Å². The zero-order valence-electron chi connectivity index (χ0n) is 19.1. The second-order valence-electron chi connectivity index (χ2n) is 7.76. The zero-order chi connectivity index (χ0) is 23.4. The molecule has 4 rings (SSSR count). The highest BCUT2D eigenvalue weighted by molar-refractivity contribution is 7.16. The first-order valence-corrected chi connectivity index (χ1v) is 11.6. The Kier molecular flexibility index (Phi) is 6.79. The lowest BCUT2D eigenvalue weighted by Gasteiger charge is -2.23. The minimum Gasteiger partial charge on any atom is -0.494 e. The van der Waals surface area contributed by atoms with E-state index in [1.807, 2.05) is 50.2 Å². The molecule has 0 aliphatic carbocycles. The van der Waals surface area contributed by atoms with Gasteiger partial charge in [-0.1, -0.05) is 12.1 Å². The van der Waals surface area contributed by atoms with Gasteiger partial charge in [-0.15, -0.1) is 11.3 Å². The smallest absolute Gasteiger partial charge is 0.291 e. The Labute approximate surface area is 197 Å².